The molecule has 1 aliphatic rings. The molecular weight excluding hydrogens is 332 g/mol. The second-order valence-electron chi connectivity index (χ2n) is 5.97. The highest BCUT2D eigenvalue weighted by atomic mass is 16.5. The Morgan fingerprint density at radius 2 is 1.85 bits per heavy atom. The molecule has 0 aliphatic carbocycles. The van der Waals surface area contributed by atoms with Crippen LogP contribution in [0.5, 0.6) is 11.5 Å². The summed E-state index contributed by atoms with van der Waals surface area (Å²) in [6.07, 6.45) is -0.693. The standard InChI is InChI=1S/C20H22N2O4/c1-2-22-12-13-25-18(20(22)24)14-19(23)21-15-8-10-17(11-9-15)26-16-6-4-3-5-7-16/h3-11,18H,2,12-14H2,1H3,(H,21,23)/t18-/m1/s1. The Labute approximate surface area is 152 Å². The molecule has 6 heteroatoms. The zero-order valence-corrected chi connectivity index (χ0v) is 14.7. The molecule has 26 heavy (non-hydrogen) atoms. The van der Waals surface area contributed by atoms with Crippen LogP contribution in [-0.2, 0) is 14.3 Å². The highest BCUT2D eigenvalue weighted by Gasteiger charge is 2.30. The molecule has 1 heterocycles. The molecule has 1 fully saturated rings. The molecule has 1 saturated heterocycles. The molecule has 0 bridgehead atoms. The Kier molecular flexibility index (Phi) is 5.86. The Bertz CT molecular complexity index is 746. The lowest BCUT2D eigenvalue weighted by Gasteiger charge is -2.31. The fourth-order valence-electron chi connectivity index (χ4n) is 2.76. The summed E-state index contributed by atoms with van der Waals surface area (Å²) in [6.45, 7) is 3.59. The lowest BCUT2D eigenvalue weighted by molar-refractivity contribution is -0.154. The lowest BCUT2D eigenvalue weighted by Crippen LogP contribution is -2.48. The summed E-state index contributed by atoms with van der Waals surface area (Å²) in [5, 5.41) is 2.79. The van der Waals surface area contributed by atoms with Crippen LogP contribution in [0.4, 0.5) is 5.69 Å². The number of carbonyl (C=O) groups excluding carboxylic acids is 2. The molecule has 0 aromatic heterocycles. The molecule has 136 valence electrons. The quantitative estimate of drug-likeness (QED) is 0.866. The predicted molar refractivity (Wildman–Crippen MR) is 98.2 cm³/mol. The van der Waals surface area contributed by atoms with Crippen molar-refractivity contribution in [3.63, 3.8) is 0 Å². The van der Waals surface area contributed by atoms with Gasteiger partial charge < -0.3 is 19.7 Å². The van der Waals surface area contributed by atoms with E-state index in [-0.39, 0.29) is 18.2 Å². The summed E-state index contributed by atoms with van der Waals surface area (Å²) < 4.78 is 11.2. The number of nitrogens with one attached hydrogen (secondary N) is 1. The minimum absolute atomic E-state index is 0.0115. The van der Waals surface area contributed by atoms with Crippen LogP contribution >= 0.6 is 0 Å². The maximum Gasteiger partial charge on any atom is 0.252 e. The number of amides is 2. The molecule has 0 radical (unpaired) electrons. The molecule has 2 aromatic rings. The van der Waals surface area contributed by atoms with Crippen LogP contribution in [0.3, 0.4) is 0 Å². The number of hydrogen-bond donors (Lipinski definition) is 1. The Hall–Kier alpha value is -2.86. The highest BCUT2D eigenvalue weighted by Crippen LogP contribution is 2.23. The van der Waals surface area contributed by atoms with Gasteiger partial charge in [0.15, 0.2) is 0 Å². The number of rotatable bonds is 6. The van der Waals surface area contributed by atoms with Gasteiger partial charge in [-0.3, -0.25) is 9.59 Å². The van der Waals surface area contributed by atoms with E-state index in [2.05, 4.69) is 5.32 Å². The van der Waals surface area contributed by atoms with Crippen LogP contribution in [0.15, 0.2) is 54.6 Å². The molecule has 0 unspecified atom stereocenters. The molecule has 6 nitrogen and oxygen atoms in total. The van der Waals surface area contributed by atoms with E-state index in [1.54, 1.807) is 29.2 Å². The average molecular weight is 354 g/mol. The maximum absolute atomic E-state index is 12.2. The van der Waals surface area contributed by atoms with Crippen molar-refractivity contribution in [3.05, 3.63) is 54.6 Å². The zero-order valence-electron chi connectivity index (χ0n) is 14.7. The number of hydrogen-bond acceptors (Lipinski definition) is 4. The van der Waals surface area contributed by atoms with E-state index < -0.39 is 6.10 Å². The van der Waals surface area contributed by atoms with E-state index in [4.69, 9.17) is 9.47 Å². The zero-order chi connectivity index (χ0) is 18.4. The van der Waals surface area contributed by atoms with Gasteiger partial charge in [-0.2, -0.15) is 0 Å². The molecule has 1 N–H and O–H groups in total. The van der Waals surface area contributed by atoms with E-state index >= 15 is 0 Å². The van der Waals surface area contributed by atoms with Crippen molar-refractivity contribution in [1.29, 1.82) is 0 Å². The second kappa shape index (κ2) is 8.49. The summed E-state index contributed by atoms with van der Waals surface area (Å²) in [5.41, 5.74) is 0.644. The van der Waals surface area contributed by atoms with Gasteiger partial charge in [0.05, 0.1) is 13.0 Å². The Morgan fingerprint density at radius 1 is 1.15 bits per heavy atom. The van der Waals surface area contributed by atoms with E-state index in [9.17, 15) is 9.59 Å². The van der Waals surface area contributed by atoms with Crippen LogP contribution in [-0.4, -0.2) is 42.5 Å². The molecule has 0 saturated carbocycles. The largest absolute Gasteiger partial charge is 0.457 e. The number of carbonyl (C=O) groups is 2. The second-order valence-corrected chi connectivity index (χ2v) is 5.97. The van der Waals surface area contributed by atoms with Crippen LogP contribution in [0.1, 0.15) is 13.3 Å². The summed E-state index contributed by atoms with van der Waals surface area (Å²) in [5.74, 6) is 1.05. The fourth-order valence-corrected chi connectivity index (χ4v) is 2.76. The van der Waals surface area contributed by atoms with Crippen molar-refractivity contribution in [2.75, 3.05) is 25.0 Å². The SMILES string of the molecule is CCN1CCO[C@H](CC(=O)Nc2ccc(Oc3ccccc3)cc2)C1=O. The van der Waals surface area contributed by atoms with Gasteiger partial charge in [0.2, 0.25) is 5.91 Å². The van der Waals surface area contributed by atoms with Gasteiger partial charge in [-0.1, -0.05) is 18.2 Å². The third-order valence-electron chi connectivity index (χ3n) is 4.14. The maximum atomic E-state index is 12.2. The van der Waals surface area contributed by atoms with Crippen LogP contribution in [0.2, 0.25) is 0 Å². The van der Waals surface area contributed by atoms with Crippen molar-refractivity contribution >= 4 is 17.5 Å². The van der Waals surface area contributed by atoms with Gasteiger partial charge in [-0.15, -0.1) is 0 Å². The Morgan fingerprint density at radius 3 is 2.54 bits per heavy atom. The number of benzene rings is 2. The molecular formula is C20H22N2O4. The van der Waals surface area contributed by atoms with Crippen molar-refractivity contribution in [1.82, 2.24) is 4.90 Å². The predicted octanol–water partition coefficient (Wildman–Crippen LogP) is 3.05. The first kappa shape index (κ1) is 17.9. The summed E-state index contributed by atoms with van der Waals surface area (Å²) in [7, 11) is 0. The minimum Gasteiger partial charge on any atom is -0.457 e. The van der Waals surface area contributed by atoms with Crippen LogP contribution in [0.25, 0.3) is 0 Å². The smallest absolute Gasteiger partial charge is 0.252 e. The van der Waals surface area contributed by atoms with Crippen molar-refractivity contribution in [2.45, 2.75) is 19.4 Å². The van der Waals surface area contributed by atoms with Gasteiger partial charge in [0.1, 0.15) is 17.6 Å². The third kappa shape index (κ3) is 4.61. The first-order valence-electron chi connectivity index (χ1n) is 8.69. The van der Waals surface area contributed by atoms with Gasteiger partial charge in [0, 0.05) is 18.8 Å². The number of ether oxygens (including phenoxy) is 2. The van der Waals surface area contributed by atoms with Crippen molar-refractivity contribution < 1.29 is 19.1 Å². The number of nitrogens with zero attached hydrogens (tertiary/aromatic N) is 1. The van der Waals surface area contributed by atoms with Crippen LogP contribution < -0.4 is 10.1 Å². The first-order chi connectivity index (χ1) is 12.7. The minimum atomic E-state index is -0.704. The van der Waals surface area contributed by atoms with E-state index in [0.717, 1.165) is 5.75 Å². The summed E-state index contributed by atoms with van der Waals surface area (Å²) in [6, 6.07) is 16.6. The van der Waals surface area contributed by atoms with E-state index in [0.29, 0.717) is 31.1 Å². The first-order valence-corrected chi connectivity index (χ1v) is 8.69. The van der Waals surface area contributed by atoms with E-state index in [1.165, 1.54) is 0 Å². The fraction of sp³-hybridized carbons (Fsp3) is 0.300. The Balaban J connectivity index is 1.53. The number of anilines is 1. The molecule has 2 aromatic carbocycles. The summed E-state index contributed by atoms with van der Waals surface area (Å²) in [4.78, 5) is 26.1. The molecule has 1 aliphatic heterocycles. The molecule has 3 rings (SSSR count). The number of morpholine rings is 1. The lowest BCUT2D eigenvalue weighted by atomic mass is 10.1. The molecule has 2 amide bonds. The highest BCUT2D eigenvalue weighted by molar-refractivity contribution is 5.95. The monoisotopic (exact) mass is 354 g/mol. The van der Waals surface area contributed by atoms with Gasteiger partial charge in [-0.25, -0.2) is 0 Å². The average Bonchev–Trinajstić information content (AvgIpc) is 2.66. The van der Waals surface area contributed by atoms with E-state index in [1.807, 2.05) is 37.3 Å². The van der Waals surface area contributed by atoms with Crippen LogP contribution in [0, 0.1) is 0 Å². The van der Waals surface area contributed by atoms with Crippen molar-refractivity contribution in [3.8, 4) is 11.5 Å². The van der Waals surface area contributed by atoms with Gasteiger partial charge >= 0.3 is 0 Å². The van der Waals surface area contributed by atoms with Crippen molar-refractivity contribution in [2.24, 2.45) is 0 Å². The molecule has 0 spiro atoms. The van der Waals surface area contributed by atoms with Gasteiger partial charge in [0.25, 0.3) is 5.91 Å². The third-order valence-corrected chi connectivity index (χ3v) is 4.14. The topological polar surface area (TPSA) is 67.9 Å². The normalized spacial score (nSPS) is 17.0. The summed E-state index contributed by atoms with van der Waals surface area (Å²) >= 11 is 0. The number of para-hydroxylation sites is 1. The van der Waals surface area contributed by atoms with Gasteiger partial charge in [-0.05, 0) is 43.3 Å². The number of likely N-dealkylation sites (N-methyl/N-ethyl adjacent to an activating group) is 1. The molecule has 1 atom stereocenters.